The second-order valence-electron chi connectivity index (χ2n) is 5.91. The predicted octanol–water partition coefficient (Wildman–Crippen LogP) is 2.48. The maximum Gasteiger partial charge on any atom is 0.191 e. The Morgan fingerprint density at radius 3 is 2.76 bits per heavy atom. The summed E-state index contributed by atoms with van der Waals surface area (Å²) in [4.78, 5) is 4.44. The summed E-state index contributed by atoms with van der Waals surface area (Å²) in [5.41, 5.74) is -1.09. The molecule has 0 aromatic carbocycles. The molecule has 1 atom stereocenters. The van der Waals surface area contributed by atoms with Gasteiger partial charge in [-0.25, -0.2) is 4.99 Å². The van der Waals surface area contributed by atoms with Crippen LogP contribution in [0.4, 0.5) is 0 Å². The first-order chi connectivity index (χ1) is 9.95. The van der Waals surface area contributed by atoms with Crippen molar-refractivity contribution in [3.63, 3.8) is 0 Å². The summed E-state index contributed by atoms with van der Waals surface area (Å²) in [6.07, 6.45) is 3.86. The molecule has 0 radical (unpaired) electrons. The molecule has 0 saturated carbocycles. The maximum atomic E-state index is 10.4. The number of hydrogen-bond acceptors (Lipinski definition) is 3. The van der Waals surface area contributed by atoms with Crippen LogP contribution in [0.5, 0.6) is 0 Å². The maximum absolute atomic E-state index is 10.4. The van der Waals surface area contributed by atoms with Gasteiger partial charge in [0.15, 0.2) is 5.96 Å². The SMILES string of the molecule is CCNC(=NCC(C)(O)c1ccco1)NCCCC(C)C. The van der Waals surface area contributed by atoms with Crippen LogP contribution in [0.3, 0.4) is 0 Å². The lowest BCUT2D eigenvalue weighted by atomic mass is 10.0. The van der Waals surface area contributed by atoms with E-state index in [0.717, 1.165) is 25.5 Å². The number of rotatable bonds is 8. The van der Waals surface area contributed by atoms with Crippen molar-refractivity contribution in [3.8, 4) is 0 Å². The number of nitrogens with one attached hydrogen (secondary N) is 2. The lowest BCUT2D eigenvalue weighted by Gasteiger charge is -2.19. The molecule has 0 bridgehead atoms. The molecule has 1 aromatic rings. The van der Waals surface area contributed by atoms with Gasteiger partial charge < -0.3 is 20.2 Å². The molecular formula is C16H29N3O2. The van der Waals surface area contributed by atoms with Gasteiger partial charge >= 0.3 is 0 Å². The van der Waals surface area contributed by atoms with E-state index in [1.165, 1.54) is 6.42 Å². The molecule has 1 unspecified atom stereocenters. The van der Waals surface area contributed by atoms with E-state index in [-0.39, 0.29) is 6.54 Å². The van der Waals surface area contributed by atoms with Crippen LogP contribution in [0.1, 0.15) is 46.3 Å². The van der Waals surface area contributed by atoms with E-state index in [0.29, 0.717) is 11.7 Å². The van der Waals surface area contributed by atoms with Gasteiger partial charge in [0.05, 0.1) is 12.8 Å². The first-order valence-corrected chi connectivity index (χ1v) is 7.74. The molecular weight excluding hydrogens is 266 g/mol. The summed E-state index contributed by atoms with van der Waals surface area (Å²) in [5, 5.41) is 16.9. The van der Waals surface area contributed by atoms with Gasteiger partial charge in [-0.2, -0.15) is 0 Å². The summed E-state index contributed by atoms with van der Waals surface area (Å²) in [7, 11) is 0. The summed E-state index contributed by atoms with van der Waals surface area (Å²) < 4.78 is 5.26. The van der Waals surface area contributed by atoms with Crippen LogP contribution in [0.25, 0.3) is 0 Å². The molecule has 0 aliphatic rings. The summed E-state index contributed by atoms with van der Waals surface area (Å²) in [6.45, 7) is 10.1. The van der Waals surface area contributed by atoms with E-state index < -0.39 is 5.60 Å². The summed E-state index contributed by atoms with van der Waals surface area (Å²) >= 11 is 0. The van der Waals surface area contributed by atoms with Crippen molar-refractivity contribution in [2.24, 2.45) is 10.9 Å². The number of hydrogen-bond donors (Lipinski definition) is 3. The minimum atomic E-state index is -1.09. The number of aliphatic imine (C=N–C) groups is 1. The van der Waals surface area contributed by atoms with Crippen LogP contribution >= 0.6 is 0 Å². The number of furan rings is 1. The average molecular weight is 295 g/mol. The monoisotopic (exact) mass is 295 g/mol. The Morgan fingerprint density at radius 1 is 1.43 bits per heavy atom. The standard InChI is InChI=1S/C16H29N3O2/c1-5-17-15(18-10-6-8-13(2)3)19-12-16(4,20)14-9-7-11-21-14/h7,9,11,13,20H,5-6,8,10,12H2,1-4H3,(H2,17,18,19). The Morgan fingerprint density at radius 2 is 2.19 bits per heavy atom. The molecule has 1 heterocycles. The van der Waals surface area contributed by atoms with Crippen LogP contribution in [0.2, 0.25) is 0 Å². The van der Waals surface area contributed by atoms with Crippen molar-refractivity contribution in [3.05, 3.63) is 24.2 Å². The molecule has 0 spiro atoms. The fraction of sp³-hybridized carbons (Fsp3) is 0.688. The summed E-state index contributed by atoms with van der Waals surface area (Å²) in [5.74, 6) is 1.97. The smallest absolute Gasteiger partial charge is 0.191 e. The Hall–Kier alpha value is -1.49. The van der Waals surface area contributed by atoms with Crippen LogP contribution in [-0.4, -0.2) is 30.7 Å². The zero-order valence-electron chi connectivity index (χ0n) is 13.6. The zero-order chi connectivity index (χ0) is 15.7. The quantitative estimate of drug-likeness (QED) is 0.391. The number of nitrogens with zero attached hydrogens (tertiary/aromatic N) is 1. The van der Waals surface area contributed by atoms with Crippen molar-refractivity contribution < 1.29 is 9.52 Å². The van der Waals surface area contributed by atoms with Gasteiger partial charge in [0.1, 0.15) is 11.4 Å². The number of guanidine groups is 1. The molecule has 21 heavy (non-hydrogen) atoms. The third-order valence-electron chi connectivity index (χ3n) is 3.19. The molecule has 5 nitrogen and oxygen atoms in total. The highest BCUT2D eigenvalue weighted by Crippen LogP contribution is 2.20. The normalized spacial score (nSPS) is 15.0. The molecule has 0 aliphatic carbocycles. The van der Waals surface area contributed by atoms with Gasteiger partial charge in [-0.05, 0) is 44.7 Å². The molecule has 1 rings (SSSR count). The summed E-state index contributed by atoms with van der Waals surface area (Å²) in [6, 6.07) is 3.53. The largest absolute Gasteiger partial charge is 0.466 e. The van der Waals surface area contributed by atoms with Crippen LogP contribution < -0.4 is 10.6 Å². The minimum absolute atomic E-state index is 0.250. The lowest BCUT2D eigenvalue weighted by molar-refractivity contribution is 0.0437. The Bertz CT molecular complexity index is 411. The van der Waals surface area contributed by atoms with Gasteiger partial charge in [-0.15, -0.1) is 0 Å². The molecule has 5 heteroatoms. The lowest BCUT2D eigenvalue weighted by Crippen LogP contribution is -2.39. The van der Waals surface area contributed by atoms with Gasteiger partial charge in [0.25, 0.3) is 0 Å². The van der Waals surface area contributed by atoms with Gasteiger partial charge in [-0.1, -0.05) is 13.8 Å². The van der Waals surface area contributed by atoms with Crippen molar-refractivity contribution >= 4 is 5.96 Å². The second-order valence-corrected chi connectivity index (χ2v) is 5.91. The predicted molar refractivity (Wildman–Crippen MR) is 86.3 cm³/mol. The van der Waals surface area contributed by atoms with Crippen molar-refractivity contribution in [1.29, 1.82) is 0 Å². The fourth-order valence-corrected chi connectivity index (χ4v) is 1.95. The van der Waals surface area contributed by atoms with E-state index in [1.807, 2.05) is 6.92 Å². The van der Waals surface area contributed by atoms with Crippen LogP contribution in [0.15, 0.2) is 27.8 Å². The molecule has 0 aliphatic heterocycles. The highest BCUT2D eigenvalue weighted by Gasteiger charge is 2.25. The third kappa shape index (κ3) is 6.67. The molecule has 120 valence electrons. The fourth-order valence-electron chi connectivity index (χ4n) is 1.95. The minimum Gasteiger partial charge on any atom is -0.466 e. The Kier molecular flexibility index (Phi) is 7.29. The van der Waals surface area contributed by atoms with Crippen molar-refractivity contribution in [1.82, 2.24) is 10.6 Å². The molecule has 0 fully saturated rings. The Labute approximate surface area is 127 Å². The van der Waals surface area contributed by atoms with Gasteiger partial charge in [-0.3, -0.25) is 0 Å². The molecule has 0 saturated heterocycles. The van der Waals surface area contributed by atoms with E-state index in [9.17, 15) is 5.11 Å². The van der Waals surface area contributed by atoms with Crippen LogP contribution in [0, 0.1) is 5.92 Å². The second kappa shape index (κ2) is 8.72. The van der Waals surface area contributed by atoms with Crippen LogP contribution in [-0.2, 0) is 5.60 Å². The van der Waals surface area contributed by atoms with Gasteiger partial charge in [0.2, 0.25) is 0 Å². The molecule has 3 N–H and O–H groups in total. The van der Waals surface area contributed by atoms with Gasteiger partial charge in [0, 0.05) is 13.1 Å². The highest BCUT2D eigenvalue weighted by atomic mass is 16.4. The van der Waals surface area contributed by atoms with E-state index >= 15 is 0 Å². The first kappa shape index (κ1) is 17.6. The van der Waals surface area contributed by atoms with E-state index in [1.54, 1.807) is 25.3 Å². The third-order valence-corrected chi connectivity index (χ3v) is 3.19. The van der Waals surface area contributed by atoms with E-state index in [4.69, 9.17) is 4.42 Å². The molecule has 0 amide bonds. The first-order valence-electron chi connectivity index (χ1n) is 7.74. The van der Waals surface area contributed by atoms with Crippen molar-refractivity contribution in [2.45, 2.75) is 46.1 Å². The topological polar surface area (TPSA) is 69.8 Å². The molecule has 1 aromatic heterocycles. The number of aliphatic hydroxyl groups is 1. The average Bonchev–Trinajstić information content (AvgIpc) is 2.95. The Balaban J connectivity index is 2.51. The zero-order valence-corrected chi connectivity index (χ0v) is 13.6. The van der Waals surface area contributed by atoms with E-state index in [2.05, 4.69) is 29.5 Å². The highest BCUT2D eigenvalue weighted by molar-refractivity contribution is 5.79. The van der Waals surface area contributed by atoms with Crippen molar-refractivity contribution in [2.75, 3.05) is 19.6 Å².